The predicted octanol–water partition coefficient (Wildman–Crippen LogP) is 6.04. The second-order valence-corrected chi connectivity index (χ2v) is 12.2. The van der Waals surface area contributed by atoms with Crippen LogP contribution in [-0.4, -0.2) is 59.0 Å². The Balaban J connectivity index is 1.34. The van der Waals surface area contributed by atoms with Gasteiger partial charge in [0.15, 0.2) is 11.5 Å². The van der Waals surface area contributed by atoms with Crippen LogP contribution in [0, 0.1) is 0 Å². The number of ether oxygens (including phenoxy) is 3. The van der Waals surface area contributed by atoms with Crippen LogP contribution in [0.1, 0.15) is 27.7 Å². The summed E-state index contributed by atoms with van der Waals surface area (Å²) in [6, 6.07) is 14.8. The molecule has 0 aliphatic carbocycles. The van der Waals surface area contributed by atoms with Gasteiger partial charge in [0.2, 0.25) is 0 Å². The van der Waals surface area contributed by atoms with Gasteiger partial charge in [-0.05, 0) is 58.0 Å². The Hall–Kier alpha value is -2.91. The smallest absolute Gasteiger partial charge is 0.274 e. The summed E-state index contributed by atoms with van der Waals surface area (Å²) in [6.45, 7) is 11.5. The zero-order valence-corrected chi connectivity index (χ0v) is 23.9. The number of rotatable bonds is 7. The van der Waals surface area contributed by atoms with E-state index in [-0.39, 0.29) is 16.8 Å². The number of morpholine rings is 1. The van der Waals surface area contributed by atoms with Crippen LogP contribution in [0.15, 0.2) is 59.5 Å². The number of hydrogen-bond acceptors (Lipinski definition) is 7. The lowest BCUT2D eigenvalue weighted by atomic mass is 9.99. The van der Waals surface area contributed by atoms with Gasteiger partial charge in [0.1, 0.15) is 16.3 Å². The Labute approximate surface area is 231 Å². The van der Waals surface area contributed by atoms with Gasteiger partial charge in [0.25, 0.3) is 5.56 Å². The van der Waals surface area contributed by atoms with Crippen LogP contribution in [0.5, 0.6) is 11.5 Å². The SMILES string of the molecule is COc1cc(-n2ccc3nc(-c4ccc(Cl)cc4)sc3c2=O)ccc1OCCN1CC(C)(C)OC(C)(C)C1. The highest BCUT2D eigenvalue weighted by Crippen LogP contribution is 2.32. The number of methoxy groups -OCH3 is 1. The highest BCUT2D eigenvalue weighted by molar-refractivity contribution is 7.21. The molecule has 0 radical (unpaired) electrons. The fraction of sp³-hybridized carbons (Fsp3) is 0.379. The van der Waals surface area contributed by atoms with E-state index in [9.17, 15) is 4.79 Å². The van der Waals surface area contributed by atoms with Gasteiger partial charge in [-0.25, -0.2) is 4.98 Å². The minimum absolute atomic E-state index is 0.131. The first-order valence-electron chi connectivity index (χ1n) is 12.6. The van der Waals surface area contributed by atoms with Crippen molar-refractivity contribution in [3.05, 3.63) is 70.1 Å². The third kappa shape index (κ3) is 5.73. The molecular weight excluding hydrogens is 522 g/mol. The number of aromatic nitrogens is 2. The zero-order valence-electron chi connectivity index (χ0n) is 22.3. The fourth-order valence-electron chi connectivity index (χ4n) is 5.15. The van der Waals surface area contributed by atoms with Gasteiger partial charge in [0.05, 0.1) is 29.5 Å². The first-order valence-corrected chi connectivity index (χ1v) is 13.7. The molecule has 0 atom stereocenters. The second kappa shape index (κ2) is 10.3. The number of thiazole rings is 1. The quantitative estimate of drug-likeness (QED) is 0.278. The van der Waals surface area contributed by atoms with Crippen molar-refractivity contribution < 1.29 is 14.2 Å². The molecule has 7 nitrogen and oxygen atoms in total. The molecule has 1 fully saturated rings. The maximum atomic E-state index is 13.4. The molecule has 9 heteroatoms. The maximum Gasteiger partial charge on any atom is 0.274 e. The molecular formula is C29H32ClN3O4S. The van der Waals surface area contributed by atoms with Gasteiger partial charge in [-0.1, -0.05) is 23.7 Å². The van der Waals surface area contributed by atoms with Crippen molar-refractivity contribution >= 4 is 33.2 Å². The van der Waals surface area contributed by atoms with Gasteiger partial charge in [-0.15, -0.1) is 11.3 Å². The van der Waals surface area contributed by atoms with Gasteiger partial charge < -0.3 is 14.2 Å². The standard InChI is InChI=1S/C29H32ClN3O4S/c1-28(2)17-32(18-29(3,4)37-28)14-15-36-23-11-10-21(16-24(23)35-5)33-13-12-22-25(27(33)34)38-26(31-22)19-6-8-20(30)9-7-19/h6-13,16H,14-15,17-18H2,1-5H3. The number of halogens is 1. The molecule has 38 heavy (non-hydrogen) atoms. The van der Waals surface area contributed by atoms with Crippen molar-refractivity contribution in [2.75, 3.05) is 33.4 Å². The average Bonchev–Trinajstić information content (AvgIpc) is 3.28. The van der Waals surface area contributed by atoms with E-state index in [1.807, 2.05) is 48.5 Å². The monoisotopic (exact) mass is 553 g/mol. The van der Waals surface area contributed by atoms with Crippen LogP contribution in [-0.2, 0) is 4.74 Å². The molecule has 1 aliphatic heterocycles. The molecule has 0 bridgehead atoms. The fourth-order valence-corrected chi connectivity index (χ4v) is 6.27. The molecule has 4 aromatic rings. The second-order valence-electron chi connectivity index (χ2n) is 10.7. The predicted molar refractivity (Wildman–Crippen MR) is 153 cm³/mol. The molecule has 0 unspecified atom stereocenters. The summed E-state index contributed by atoms with van der Waals surface area (Å²) in [7, 11) is 1.60. The summed E-state index contributed by atoms with van der Waals surface area (Å²) < 4.78 is 20.1. The van der Waals surface area contributed by atoms with E-state index in [0.717, 1.165) is 30.2 Å². The molecule has 1 aliphatic rings. The van der Waals surface area contributed by atoms with Crippen LogP contribution in [0.3, 0.4) is 0 Å². The summed E-state index contributed by atoms with van der Waals surface area (Å²) in [5, 5.41) is 1.44. The molecule has 0 amide bonds. The number of fused-ring (bicyclic) bond motifs is 1. The van der Waals surface area contributed by atoms with Crippen molar-refractivity contribution in [3.8, 4) is 27.8 Å². The van der Waals surface area contributed by atoms with E-state index in [2.05, 4.69) is 37.6 Å². The van der Waals surface area contributed by atoms with Crippen LogP contribution < -0.4 is 15.0 Å². The van der Waals surface area contributed by atoms with Crippen molar-refractivity contribution in [1.82, 2.24) is 14.5 Å². The zero-order chi connectivity index (χ0) is 27.1. The minimum atomic E-state index is -0.205. The summed E-state index contributed by atoms with van der Waals surface area (Å²) in [5.74, 6) is 1.21. The Kier molecular flexibility index (Phi) is 7.26. The van der Waals surface area contributed by atoms with Gasteiger partial charge in [0, 0.05) is 42.5 Å². The van der Waals surface area contributed by atoms with E-state index < -0.39 is 0 Å². The number of hydrogen-bond donors (Lipinski definition) is 0. The van der Waals surface area contributed by atoms with Crippen LogP contribution in [0.25, 0.3) is 26.5 Å². The Morgan fingerprint density at radius 1 is 1.03 bits per heavy atom. The van der Waals surface area contributed by atoms with E-state index in [1.54, 1.807) is 17.9 Å². The van der Waals surface area contributed by atoms with Crippen LogP contribution >= 0.6 is 22.9 Å². The molecule has 1 saturated heterocycles. The van der Waals surface area contributed by atoms with E-state index in [0.29, 0.717) is 39.0 Å². The third-order valence-corrected chi connectivity index (χ3v) is 7.75. The highest BCUT2D eigenvalue weighted by atomic mass is 35.5. The molecule has 2 aromatic heterocycles. The molecule has 0 saturated carbocycles. The van der Waals surface area contributed by atoms with Gasteiger partial charge >= 0.3 is 0 Å². The number of nitrogens with zero attached hydrogens (tertiary/aromatic N) is 3. The topological polar surface area (TPSA) is 65.8 Å². The Morgan fingerprint density at radius 2 is 1.74 bits per heavy atom. The summed E-state index contributed by atoms with van der Waals surface area (Å²) >= 11 is 7.39. The van der Waals surface area contributed by atoms with E-state index in [1.165, 1.54) is 11.3 Å². The van der Waals surface area contributed by atoms with Crippen LogP contribution in [0.4, 0.5) is 0 Å². The normalized spacial score (nSPS) is 17.0. The van der Waals surface area contributed by atoms with Gasteiger partial charge in [-0.2, -0.15) is 0 Å². The first-order chi connectivity index (χ1) is 18.0. The lowest BCUT2D eigenvalue weighted by Gasteiger charge is -2.47. The maximum absolute atomic E-state index is 13.4. The Bertz CT molecular complexity index is 1490. The van der Waals surface area contributed by atoms with E-state index in [4.69, 9.17) is 25.8 Å². The lowest BCUT2D eigenvalue weighted by Crippen LogP contribution is -2.57. The first kappa shape index (κ1) is 26.7. The Morgan fingerprint density at radius 3 is 2.42 bits per heavy atom. The lowest BCUT2D eigenvalue weighted by molar-refractivity contribution is -0.181. The largest absolute Gasteiger partial charge is 0.493 e. The number of benzene rings is 2. The average molecular weight is 554 g/mol. The molecule has 2 aromatic carbocycles. The molecule has 0 N–H and O–H groups in total. The van der Waals surface area contributed by atoms with Gasteiger partial charge in [-0.3, -0.25) is 14.3 Å². The van der Waals surface area contributed by atoms with Crippen molar-refractivity contribution in [2.24, 2.45) is 0 Å². The summed E-state index contributed by atoms with van der Waals surface area (Å²) in [6.07, 6.45) is 1.74. The van der Waals surface area contributed by atoms with Crippen molar-refractivity contribution in [2.45, 2.75) is 38.9 Å². The molecule has 5 rings (SSSR count). The third-order valence-electron chi connectivity index (χ3n) is 6.39. The molecule has 3 heterocycles. The van der Waals surface area contributed by atoms with Crippen molar-refractivity contribution in [3.63, 3.8) is 0 Å². The van der Waals surface area contributed by atoms with Crippen molar-refractivity contribution in [1.29, 1.82) is 0 Å². The summed E-state index contributed by atoms with van der Waals surface area (Å²) in [4.78, 5) is 20.4. The minimum Gasteiger partial charge on any atom is -0.493 e. The molecule has 200 valence electrons. The molecule has 0 spiro atoms. The highest BCUT2D eigenvalue weighted by Gasteiger charge is 2.37. The summed E-state index contributed by atoms with van der Waals surface area (Å²) in [5.41, 5.74) is 1.75. The van der Waals surface area contributed by atoms with E-state index >= 15 is 0 Å². The number of pyridine rings is 1. The van der Waals surface area contributed by atoms with Crippen LogP contribution in [0.2, 0.25) is 5.02 Å².